The van der Waals surface area contributed by atoms with Gasteiger partial charge in [0.05, 0.1) is 6.33 Å². The Hall–Kier alpha value is -0.790. The van der Waals surface area contributed by atoms with Crippen molar-refractivity contribution in [3.8, 4) is 0 Å². The molecule has 1 aromatic heterocycles. The minimum absolute atomic E-state index is 0.578. The molecule has 0 aliphatic heterocycles. The van der Waals surface area contributed by atoms with Crippen LogP contribution in [0.3, 0.4) is 0 Å². The number of aryl methyl sites for hydroxylation is 1. The summed E-state index contributed by atoms with van der Waals surface area (Å²) < 4.78 is 2.27. The lowest BCUT2D eigenvalue weighted by atomic mass is 10.1. The molecule has 74 valence electrons. The number of imidazole rings is 1. The lowest BCUT2D eigenvalue weighted by Crippen LogP contribution is -2.05. The van der Waals surface area contributed by atoms with Crippen LogP contribution in [-0.4, -0.2) is 9.55 Å². The Labute approximate surface area is 81.0 Å². The molecule has 1 rings (SSSR count). The van der Waals surface area contributed by atoms with E-state index in [-0.39, 0.29) is 0 Å². The Morgan fingerprint density at radius 2 is 2.00 bits per heavy atom. The molecule has 0 unspecified atom stereocenters. The van der Waals surface area contributed by atoms with Crippen LogP contribution in [0.4, 0.5) is 0 Å². The average Bonchev–Trinajstić information content (AvgIpc) is 2.47. The van der Waals surface area contributed by atoms with Gasteiger partial charge in [-0.1, -0.05) is 27.7 Å². The lowest BCUT2D eigenvalue weighted by molar-refractivity contribution is 0.501. The zero-order valence-electron chi connectivity index (χ0n) is 9.12. The standard InChI is InChI=1S/C11H20N2/c1-9(2)5-6-13-8-12-7-11(13)10(3)4/h7-10H,5-6H2,1-4H3. The topological polar surface area (TPSA) is 17.8 Å². The van der Waals surface area contributed by atoms with Gasteiger partial charge in [0.2, 0.25) is 0 Å². The van der Waals surface area contributed by atoms with E-state index in [0.717, 1.165) is 12.5 Å². The zero-order chi connectivity index (χ0) is 9.84. The van der Waals surface area contributed by atoms with E-state index < -0.39 is 0 Å². The zero-order valence-corrected chi connectivity index (χ0v) is 9.12. The first-order chi connectivity index (χ1) is 6.11. The smallest absolute Gasteiger partial charge is 0.0948 e. The van der Waals surface area contributed by atoms with E-state index in [2.05, 4.69) is 37.2 Å². The van der Waals surface area contributed by atoms with Crippen molar-refractivity contribution in [1.82, 2.24) is 9.55 Å². The highest BCUT2D eigenvalue weighted by atomic mass is 15.0. The first-order valence-corrected chi connectivity index (χ1v) is 5.11. The molecule has 1 heterocycles. The van der Waals surface area contributed by atoms with Crippen molar-refractivity contribution in [1.29, 1.82) is 0 Å². The van der Waals surface area contributed by atoms with Crippen LogP contribution in [0.5, 0.6) is 0 Å². The Kier molecular flexibility index (Phi) is 3.52. The highest BCUT2D eigenvalue weighted by molar-refractivity contribution is 5.03. The second-order valence-corrected chi connectivity index (χ2v) is 4.35. The van der Waals surface area contributed by atoms with E-state index >= 15 is 0 Å². The normalized spacial score (nSPS) is 11.5. The molecule has 1 aromatic rings. The van der Waals surface area contributed by atoms with Gasteiger partial charge in [-0.05, 0) is 18.3 Å². The number of hydrogen-bond acceptors (Lipinski definition) is 1. The van der Waals surface area contributed by atoms with E-state index in [0.29, 0.717) is 5.92 Å². The molecule has 0 saturated heterocycles. The van der Waals surface area contributed by atoms with Gasteiger partial charge < -0.3 is 4.57 Å². The molecule has 2 nitrogen and oxygen atoms in total. The minimum atomic E-state index is 0.578. The summed E-state index contributed by atoms with van der Waals surface area (Å²) in [4.78, 5) is 4.18. The van der Waals surface area contributed by atoms with E-state index in [1.165, 1.54) is 12.1 Å². The Bertz CT molecular complexity index is 248. The van der Waals surface area contributed by atoms with Crippen LogP contribution in [-0.2, 0) is 6.54 Å². The predicted molar refractivity (Wildman–Crippen MR) is 55.8 cm³/mol. The molecule has 0 fully saturated rings. The van der Waals surface area contributed by atoms with Crippen LogP contribution in [0.2, 0.25) is 0 Å². The van der Waals surface area contributed by atoms with Gasteiger partial charge in [-0.2, -0.15) is 0 Å². The van der Waals surface area contributed by atoms with E-state index in [1.807, 2.05) is 12.5 Å². The molecular formula is C11H20N2. The summed E-state index contributed by atoms with van der Waals surface area (Å²) in [5.74, 6) is 1.34. The van der Waals surface area contributed by atoms with Crippen LogP contribution in [0.25, 0.3) is 0 Å². The third-order valence-corrected chi connectivity index (χ3v) is 2.28. The molecule has 0 N–H and O–H groups in total. The van der Waals surface area contributed by atoms with Crippen molar-refractivity contribution in [3.05, 3.63) is 18.2 Å². The third-order valence-electron chi connectivity index (χ3n) is 2.28. The van der Waals surface area contributed by atoms with Crippen molar-refractivity contribution in [2.75, 3.05) is 0 Å². The second kappa shape index (κ2) is 4.45. The van der Waals surface area contributed by atoms with Crippen molar-refractivity contribution < 1.29 is 0 Å². The monoisotopic (exact) mass is 180 g/mol. The molecule has 0 bridgehead atoms. The maximum Gasteiger partial charge on any atom is 0.0948 e. The average molecular weight is 180 g/mol. The maximum atomic E-state index is 4.18. The highest BCUT2D eigenvalue weighted by Gasteiger charge is 2.05. The summed E-state index contributed by atoms with van der Waals surface area (Å²) in [5, 5.41) is 0. The quantitative estimate of drug-likeness (QED) is 0.696. The third kappa shape index (κ3) is 2.87. The fourth-order valence-electron chi connectivity index (χ4n) is 1.40. The summed E-state index contributed by atoms with van der Waals surface area (Å²) in [6.07, 6.45) is 5.15. The Morgan fingerprint density at radius 3 is 2.54 bits per heavy atom. The van der Waals surface area contributed by atoms with Crippen molar-refractivity contribution >= 4 is 0 Å². The van der Waals surface area contributed by atoms with Crippen molar-refractivity contribution in [3.63, 3.8) is 0 Å². The fourth-order valence-corrected chi connectivity index (χ4v) is 1.40. The van der Waals surface area contributed by atoms with Gasteiger partial charge in [0, 0.05) is 18.4 Å². The van der Waals surface area contributed by atoms with E-state index in [9.17, 15) is 0 Å². The Balaban J connectivity index is 2.60. The molecule has 2 heteroatoms. The van der Waals surface area contributed by atoms with E-state index in [1.54, 1.807) is 0 Å². The molecule has 0 aliphatic rings. The Morgan fingerprint density at radius 1 is 1.31 bits per heavy atom. The minimum Gasteiger partial charge on any atom is -0.334 e. The number of rotatable bonds is 4. The summed E-state index contributed by atoms with van der Waals surface area (Å²) >= 11 is 0. The second-order valence-electron chi connectivity index (χ2n) is 4.35. The summed E-state index contributed by atoms with van der Waals surface area (Å²) in [5.41, 5.74) is 1.35. The molecule has 0 aliphatic carbocycles. The van der Waals surface area contributed by atoms with Crippen LogP contribution >= 0.6 is 0 Å². The van der Waals surface area contributed by atoms with Crippen LogP contribution in [0.1, 0.15) is 45.7 Å². The van der Waals surface area contributed by atoms with Crippen molar-refractivity contribution in [2.45, 2.75) is 46.6 Å². The van der Waals surface area contributed by atoms with Crippen LogP contribution in [0.15, 0.2) is 12.5 Å². The van der Waals surface area contributed by atoms with Gasteiger partial charge in [0.1, 0.15) is 0 Å². The maximum absolute atomic E-state index is 4.18. The fraction of sp³-hybridized carbons (Fsp3) is 0.727. The summed E-state index contributed by atoms with van der Waals surface area (Å²) in [7, 11) is 0. The number of aromatic nitrogens is 2. The summed E-state index contributed by atoms with van der Waals surface area (Å²) in [6, 6.07) is 0. The van der Waals surface area contributed by atoms with Crippen LogP contribution < -0.4 is 0 Å². The molecule has 0 saturated carbocycles. The van der Waals surface area contributed by atoms with Gasteiger partial charge in [0.15, 0.2) is 0 Å². The SMILES string of the molecule is CC(C)CCn1cncc1C(C)C. The molecule has 0 radical (unpaired) electrons. The van der Waals surface area contributed by atoms with Gasteiger partial charge in [-0.15, -0.1) is 0 Å². The van der Waals surface area contributed by atoms with Gasteiger partial charge >= 0.3 is 0 Å². The molecule has 0 spiro atoms. The lowest BCUT2D eigenvalue weighted by Gasteiger charge is -2.11. The number of hydrogen-bond donors (Lipinski definition) is 0. The van der Waals surface area contributed by atoms with Crippen LogP contribution in [0, 0.1) is 5.92 Å². The van der Waals surface area contributed by atoms with Gasteiger partial charge in [-0.3, -0.25) is 0 Å². The molecule has 0 aromatic carbocycles. The molecule has 0 amide bonds. The molecular weight excluding hydrogens is 160 g/mol. The van der Waals surface area contributed by atoms with Gasteiger partial charge in [-0.25, -0.2) is 4.98 Å². The summed E-state index contributed by atoms with van der Waals surface area (Å²) in [6.45, 7) is 10.0. The van der Waals surface area contributed by atoms with E-state index in [4.69, 9.17) is 0 Å². The molecule has 0 atom stereocenters. The largest absolute Gasteiger partial charge is 0.334 e. The molecule has 13 heavy (non-hydrogen) atoms. The van der Waals surface area contributed by atoms with Gasteiger partial charge in [0.25, 0.3) is 0 Å². The predicted octanol–water partition coefficient (Wildman–Crippen LogP) is 3.05. The van der Waals surface area contributed by atoms with Crippen molar-refractivity contribution in [2.24, 2.45) is 5.92 Å². The number of nitrogens with zero attached hydrogens (tertiary/aromatic N) is 2. The highest BCUT2D eigenvalue weighted by Crippen LogP contribution is 2.14. The first-order valence-electron chi connectivity index (χ1n) is 5.11. The first kappa shape index (κ1) is 10.3.